The lowest BCUT2D eigenvalue weighted by Gasteiger charge is -2.70. The molecular formula is C30H46O3. The Hall–Kier alpha value is -1.12. The molecule has 3 heteroatoms. The van der Waals surface area contributed by atoms with Crippen molar-refractivity contribution in [1.82, 2.24) is 0 Å². The first kappa shape index (κ1) is 23.6. The van der Waals surface area contributed by atoms with Gasteiger partial charge >= 0.3 is 5.97 Å². The third-order valence-corrected chi connectivity index (χ3v) is 13.1. The normalized spacial score (nSPS) is 53.1. The summed E-state index contributed by atoms with van der Waals surface area (Å²) >= 11 is 0. The van der Waals surface area contributed by atoms with Gasteiger partial charge in [0, 0.05) is 11.8 Å². The number of rotatable bonds is 1. The van der Waals surface area contributed by atoms with E-state index in [9.17, 15) is 14.7 Å². The van der Waals surface area contributed by atoms with E-state index in [0.717, 1.165) is 57.8 Å². The molecular weight excluding hydrogens is 408 g/mol. The maximum absolute atomic E-state index is 12.9. The Labute approximate surface area is 201 Å². The van der Waals surface area contributed by atoms with Crippen molar-refractivity contribution in [3.8, 4) is 0 Å². The van der Waals surface area contributed by atoms with Crippen molar-refractivity contribution in [2.75, 3.05) is 0 Å². The highest BCUT2D eigenvalue weighted by Crippen LogP contribution is 2.75. The molecule has 1 N–H and O–H groups in total. The van der Waals surface area contributed by atoms with Crippen LogP contribution in [0.5, 0.6) is 0 Å². The molecule has 0 amide bonds. The second kappa shape index (κ2) is 6.97. The molecule has 0 aliphatic heterocycles. The molecule has 3 nitrogen and oxygen atoms in total. The molecule has 0 aromatic rings. The summed E-state index contributed by atoms with van der Waals surface area (Å²) in [5, 5.41) is 10.6. The monoisotopic (exact) mass is 454 g/mol. The van der Waals surface area contributed by atoms with Crippen LogP contribution in [0.2, 0.25) is 0 Å². The zero-order valence-corrected chi connectivity index (χ0v) is 22.1. The summed E-state index contributed by atoms with van der Waals surface area (Å²) in [7, 11) is 0. The van der Waals surface area contributed by atoms with Gasteiger partial charge in [-0.05, 0) is 97.2 Å². The summed E-state index contributed by atoms with van der Waals surface area (Å²) in [5.74, 6) is 2.14. The molecule has 0 unspecified atom stereocenters. The average molecular weight is 455 g/mol. The third kappa shape index (κ3) is 2.69. The second-order valence-corrected chi connectivity index (χ2v) is 14.3. The van der Waals surface area contributed by atoms with Crippen molar-refractivity contribution in [3.05, 3.63) is 11.6 Å². The van der Waals surface area contributed by atoms with Gasteiger partial charge in [-0.2, -0.15) is 0 Å². The molecule has 0 heterocycles. The molecule has 0 bridgehead atoms. The maximum atomic E-state index is 12.9. The number of hydrogen-bond donors (Lipinski definition) is 1. The maximum Gasteiger partial charge on any atom is 0.309 e. The van der Waals surface area contributed by atoms with E-state index < -0.39 is 11.4 Å². The highest BCUT2D eigenvalue weighted by Gasteiger charge is 2.70. The Kier molecular flexibility index (Phi) is 4.99. The Morgan fingerprint density at radius 2 is 1.67 bits per heavy atom. The minimum Gasteiger partial charge on any atom is -0.481 e. The van der Waals surface area contributed by atoms with Crippen LogP contribution < -0.4 is 0 Å². The number of carbonyl (C=O) groups is 2. The molecule has 4 fully saturated rings. The van der Waals surface area contributed by atoms with Gasteiger partial charge in [-0.1, -0.05) is 60.1 Å². The summed E-state index contributed by atoms with van der Waals surface area (Å²) in [6, 6.07) is 0. The van der Waals surface area contributed by atoms with E-state index in [1.807, 2.05) is 0 Å². The smallest absolute Gasteiger partial charge is 0.309 e. The van der Waals surface area contributed by atoms with Gasteiger partial charge in [-0.3, -0.25) is 9.59 Å². The van der Waals surface area contributed by atoms with E-state index in [0.29, 0.717) is 29.5 Å². The van der Waals surface area contributed by atoms with Crippen LogP contribution in [0.3, 0.4) is 0 Å². The predicted octanol–water partition coefficient (Wildman–Crippen LogP) is 7.30. The standard InChI is InChI=1S/C30H46O3/c1-18-10-15-30(25(32)33)17-16-28(6)21-8-9-22-26(3,4)23(31)12-13-27(22,5)20(21)11-14-29(28,7)24(30)19(18)2/h8,18-20,22,24H,9-17H2,1-7H3,(H,32,33)/t18-,19+,20+,22-,24+,27-,28-,29+,30+/m1/s1. The van der Waals surface area contributed by atoms with Gasteiger partial charge < -0.3 is 5.11 Å². The lowest BCUT2D eigenvalue weighted by Crippen LogP contribution is -2.65. The molecule has 0 saturated heterocycles. The summed E-state index contributed by atoms with van der Waals surface area (Å²) in [6.45, 7) is 16.6. The van der Waals surface area contributed by atoms with Crippen LogP contribution in [0.1, 0.15) is 106 Å². The molecule has 4 saturated carbocycles. The number of ketones is 1. The van der Waals surface area contributed by atoms with E-state index in [-0.39, 0.29) is 27.6 Å². The zero-order chi connectivity index (χ0) is 24.2. The van der Waals surface area contributed by atoms with Crippen LogP contribution >= 0.6 is 0 Å². The van der Waals surface area contributed by atoms with Crippen LogP contribution in [-0.4, -0.2) is 16.9 Å². The first-order valence-corrected chi connectivity index (χ1v) is 13.7. The molecule has 5 aliphatic carbocycles. The van der Waals surface area contributed by atoms with Crippen molar-refractivity contribution in [3.63, 3.8) is 0 Å². The fraction of sp³-hybridized carbons (Fsp3) is 0.867. The quantitative estimate of drug-likeness (QED) is 0.423. The summed E-state index contributed by atoms with van der Waals surface area (Å²) in [4.78, 5) is 25.7. The fourth-order valence-corrected chi connectivity index (χ4v) is 10.7. The number of carbonyl (C=O) groups excluding carboxylic acids is 1. The Bertz CT molecular complexity index is 916. The number of carboxylic acids is 1. The Balaban J connectivity index is 1.61. The van der Waals surface area contributed by atoms with E-state index in [2.05, 4.69) is 54.5 Å². The lowest BCUT2D eigenvalue weighted by atomic mass is 9.33. The van der Waals surface area contributed by atoms with Crippen LogP contribution in [0, 0.1) is 56.7 Å². The van der Waals surface area contributed by atoms with Gasteiger partial charge in [0.1, 0.15) is 5.78 Å². The number of aliphatic carboxylic acids is 1. The van der Waals surface area contributed by atoms with Crippen LogP contribution in [0.4, 0.5) is 0 Å². The number of allylic oxidation sites excluding steroid dienone is 2. The van der Waals surface area contributed by atoms with Crippen molar-refractivity contribution < 1.29 is 14.7 Å². The van der Waals surface area contributed by atoms with Crippen molar-refractivity contribution in [1.29, 1.82) is 0 Å². The Morgan fingerprint density at radius 1 is 0.970 bits per heavy atom. The van der Waals surface area contributed by atoms with Gasteiger partial charge in [-0.25, -0.2) is 0 Å². The minimum atomic E-state index is -0.548. The van der Waals surface area contributed by atoms with Crippen LogP contribution in [0.25, 0.3) is 0 Å². The van der Waals surface area contributed by atoms with Crippen molar-refractivity contribution >= 4 is 11.8 Å². The van der Waals surface area contributed by atoms with Crippen molar-refractivity contribution in [2.45, 2.75) is 106 Å². The molecule has 5 aliphatic rings. The summed E-state index contributed by atoms with van der Waals surface area (Å²) in [6.07, 6.45) is 11.3. The topological polar surface area (TPSA) is 54.4 Å². The molecule has 0 aromatic carbocycles. The molecule has 33 heavy (non-hydrogen) atoms. The SMILES string of the molecule is C[C@H]1[C@H](C)CC[C@]2(C(=O)O)CC[C@]3(C)C4=CC[C@@H]5C(C)(C)C(=O)CC[C@]5(C)[C@H]4CC[C@@]3(C)[C@H]12. The number of fused-ring (bicyclic) bond motifs is 7. The first-order chi connectivity index (χ1) is 15.3. The van der Waals surface area contributed by atoms with Crippen LogP contribution in [-0.2, 0) is 9.59 Å². The molecule has 0 spiro atoms. The molecule has 0 radical (unpaired) electrons. The number of Topliss-reactive ketones (excluding diaryl/α,β-unsaturated/α-hetero) is 1. The van der Waals surface area contributed by atoms with Gasteiger partial charge in [0.2, 0.25) is 0 Å². The molecule has 9 atom stereocenters. The number of carboxylic acid groups (broad SMARTS) is 1. The summed E-state index contributed by atoms with van der Waals surface area (Å²) < 4.78 is 0. The first-order valence-electron chi connectivity index (χ1n) is 13.7. The highest BCUT2D eigenvalue weighted by molar-refractivity contribution is 5.85. The second-order valence-electron chi connectivity index (χ2n) is 14.3. The minimum absolute atomic E-state index is 0.0171. The van der Waals surface area contributed by atoms with Gasteiger partial charge in [-0.15, -0.1) is 0 Å². The van der Waals surface area contributed by atoms with E-state index >= 15 is 0 Å². The van der Waals surface area contributed by atoms with Gasteiger partial charge in [0.25, 0.3) is 0 Å². The lowest BCUT2D eigenvalue weighted by molar-refractivity contribution is -0.204. The highest BCUT2D eigenvalue weighted by atomic mass is 16.4. The average Bonchev–Trinajstić information content (AvgIpc) is 2.74. The predicted molar refractivity (Wildman–Crippen MR) is 132 cm³/mol. The van der Waals surface area contributed by atoms with Crippen LogP contribution in [0.15, 0.2) is 11.6 Å². The fourth-order valence-electron chi connectivity index (χ4n) is 10.7. The third-order valence-electron chi connectivity index (χ3n) is 13.1. The largest absolute Gasteiger partial charge is 0.481 e. The van der Waals surface area contributed by atoms with E-state index in [4.69, 9.17) is 0 Å². The Morgan fingerprint density at radius 3 is 2.33 bits per heavy atom. The number of hydrogen-bond acceptors (Lipinski definition) is 2. The van der Waals surface area contributed by atoms with E-state index in [1.165, 1.54) is 0 Å². The molecule has 5 rings (SSSR count). The molecule has 0 aromatic heterocycles. The zero-order valence-electron chi connectivity index (χ0n) is 22.1. The van der Waals surface area contributed by atoms with Gasteiger partial charge in [0.05, 0.1) is 5.41 Å². The summed E-state index contributed by atoms with van der Waals surface area (Å²) in [5.41, 5.74) is 1.11. The van der Waals surface area contributed by atoms with Crippen molar-refractivity contribution in [2.24, 2.45) is 56.7 Å². The van der Waals surface area contributed by atoms with Gasteiger partial charge in [0.15, 0.2) is 0 Å². The molecule has 184 valence electrons. The van der Waals surface area contributed by atoms with E-state index in [1.54, 1.807) is 5.57 Å².